The average molecular weight is 265 g/mol. The number of nitrogens with one attached hydrogen (secondary N) is 1. The Bertz CT molecular complexity index is 591. The molecule has 7 nitrogen and oxygen atoms in total. The van der Waals surface area contributed by atoms with Crippen molar-refractivity contribution in [2.75, 3.05) is 24.5 Å². The normalized spacial score (nSPS) is 26.5. The van der Waals surface area contributed by atoms with Crippen molar-refractivity contribution in [3.63, 3.8) is 0 Å². The largest absolute Gasteiger partial charge is 0.349 e. The van der Waals surface area contributed by atoms with Crippen molar-refractivity contribution >= 4 is 5.82 Å². The van der Waals surface area contributed by atoms with Gasteiger partial charge in [-0.25, -0.2) is 9.48 Å². The first-order valence-electron chi connectivity index (χ1n) is 6.70. The van der Waals surface area contributed by atoms with Crippen molar-refractivity contribution in [3.05, 3.63) is 20.8 Å². The zero-order valence-corrected chi connectivity index (χ0v) is 11.3. The minimum absolute atomic E-state index is 0.304. The molecule has 0 aromatic carbocycles. The number of hydrogen-bond acceptors (Lipinski definition) is 5. The predicted octanol–water partition coefficient (Wildman–Crippen LogP) is -1.33. The molecule has 3 rings (SSSR count). The quantitative estimate of drug-likeness (QED) is 0.681. The Hall–Kier alpha value is -1.63. The predicted molar refractivity (Wildman–Crippen MR) is 71.4 cm³/mol. The third-order valence-corrected chi connectivity index (χ3v) is 4.20. The number of aryl methyl sites for hydroxylation is 1. The molecule has 0 spiro atoms. The maximum atomic E-state index is 12.2. The molecule has 0 aliphatic carbocycles. The first-order chi connectivity index (χ1) is 9.08. The standard InChI is InChI=1S/C12H19N5O2/c1-15-11(18)10(14-16(2)12(15)19)17-6-8-4-3-5-13-9(8)7-17/h8-9,13H,3-7H2,1-2H3. The number of hydrogen-bond donors (Lipinski definition) is 1. The minimum atomic E-state index is -0.386. The Labute approximate surface area is 110 Å². The van der Waals surface area contributed by atoms with Crippen molar-refractivity contribution in [3.8, 4) is 0 Å². The van der Waals surface area contributed by atoms with Crippen LogP contribution in [0.4, 0.5) is 5.82 Å². The third-order valence-electron chi connectivity index (χ3n) is 4.20. The average Bonchev–Trinajstić information content (AvgIpc) is 2.84. The van der Waals surface area contributed by atoms with Crippen molar-refractivity contribution in [1.29, 1.82) is 0 Å². The molecule has 2 unspecified atom stereocenters. The number of nitrogens with zero attached hydrogens (tertiary/aromatic N) is 4. The van der Waals surface area contributed by atoms with Gasteiger partial charge in [-0.1, -0.05) is 0 Å². The molecule has 2 atom stereocenters. The third kappa shape index (κ3) is 1.98. The van der Waals surface area contributed by atoms with E-state index in [1.54, 1.807) is 7.05 Å². The van der Waals surface area contributed by atoms with E-state index in [-0.39, 0.29) is 11.2 Å². The molecule has 2 aliphatic heterocycles. The highest BCUT2D eigenvalue weighted by atomic mass is 16.2. The second-order valence-corrected chi connectivity index (χ2v) is 5.46. The van der Waals surface area contributed by atoms with Gasteiger partial charge in [0, 0.05) is 33.2 Å². The number of piperidine rings is 1. The first kappa shape index (κ1) is 12.4. The summed E-state index contributed by atoms with van der Waals surface area (Å²) in [4.78, 5) is 25.8. The number of rotatable bonds is 1. The molecule has 1 aromatic heterocycles. The van der Waals surface area contributed by atoms with Gasteiger partial charge in [-0.15, -0.1) is 5.10 Å². The van der Waals surface area contributed by atoms with Crippen LogP contribution in [0, 0.1) is 5.92 Å². The van der Waals surface area contributed by atoms with Crippen molar-refractivity contribution < 1.29 is 0 Å². The van der Waals surface area contributed by atoms with Crippen molar-refractivity contribution in [2.45, 2.75) is 18.9 Å². The van der Waals surface area contributed by atoms with Gasteiger partial charge >= 0.3 is 5.69 Å². The Balaban J connectivity index is 1.96. The monoisotopic (exact) mass is 265 g/mol. The van der Waals surface area contributed by atoms with Crippen LogP contribution in [0.5, 0.6) is 0 Å². The topological polar surface area (TPSA) is 72.2 Å². The summed E-state index contributed by atoms with van der Waals surface area (Å²) < 4.78 is 2.35. The van der Waals surface area contributed by atoms with E-state index in [9.17, 15) is 9.59 Å². The molecule has 2 saturated heterocycles. The lowest BCUT2D eigenvalue weighted by molar-refractivity contribution is 0.340. The molecule has 3 heterocycles. The molecule has 0 bridgehead atoms. The molecular weight excluding hydrogens is 246 g/mol. The molecule has 2 aliphatic rings. The summed E-state index contributed by atoms with van der Waals surface area (Å²) in [5.74, 6) is 0.971. The van der Waals surface area contributed by atoms with Crippen LogP contribution in [-0.2, 0) is 14.1 Å². The highest BCUT2D eigenvalue weighted by Gasteiger charge is 2.36. The van der Waals surface area contributed by atoms with Crippen LogP contribution < -0.4 is 21.5 Å². The minimum Gasteiger partial charge on any atom is -0.349 e. The van der Waals surface area contributed by atoms with E-state index in [1.807, 2.05) is 4.90 Å². The van der Waals surface area contributed by atoms with E-state index >= 15 is 0 Å². The molecule has 104 valence electrons. The van der Waals surface area contributed by atoms with Crippen LogP contribution >= 0.6 is 0 Å². The van der Waals surface area contributed by atoms with E-state index in [0.29, 0.717) is 17.8 Å². The lowest BCUT2D eigenvalue weighted by Gasteiger charge is -2.24. The van der Waals surface area contributed by atoms with Crippen LogP contribution in [0.2, 0.25) is 0 Å². The molecule has 1 aromatic rings. The van der Waals surface area contributed by atoms with Crippen molar-refractivity contribution in [1.82, 2.24) is 19.7 Å². The summed E-state index contributed by atoms with van der Waals surface area (Å²) >= 11 is 0. The maximum absolute atomic E-state index is 12.2. The Kier molecular flexibility index (Phi) is 2.93. The maximum Gasteiger partial charge on any atom is 0.346 e. The van der Waals surface area contributed by atoms with Crippen molar-refractivity contribution in [2.24, 2.45) is 20.0 Å². The summed E-state index contributed by atoms with van der Waals surface area (Å²) in [6, 6.07) is 0.442. The van der Waals surface area contributed by atoms with E-state index < -0.39 is 0 Å². The van der Waals surface area contributed by atoms with Gasteiger partial charge < -0.3 is 10.2 Å². The second-order valence-electron chi connectivity index (χ2n) is 5.46. The lowest BCUT2D eigenvalue weighted by atomic mass is 9.94. The van der Waals surface area contributed by atoms with Gasteiger partial charge in [0.05, 0.1) is 0 Å². The Morgan fingerprint density at radius 2 is 2.05 bits per heavy atom. The summed E-state index contributed by atoms with van der Waals surface area (Å²) in [6.07, 6.45) is 2.38. The zero-order chi connectivity index (χ0) is 13.6. The van der Waals surface area contributed by atoms with E-state index in [0.717, 1.165) is 24.2 Å². The fourth-order valence-electron chi connectivity index (χ4n) is 3.10. The fourth-order valence-corrected chi connectivity index (χ4v) is 3.10. The number of fused-ring (bicyclic) bond motifs is 1. The molecular formula is C12H19N5O2. The van der Waals surface area contributed by atoms with Gasteiger partial charge in [0.2, 0.25) is 5.82 Å². The molecule has 19 heavy (non-hydrogen) atoms. The Morgan fingerprint density at radius 3 is 2.79 bits per heavy atom. The van der Waals surface area contributed by atoms with Crippen LogP contribution in [0.15, 0.2) is 9.59 Å². The molecule has 2 fully saturated rings. The highest BCUT2D eigenvalue weighted by Crippen LogP contribution is 2.26. The molecule has 1 N–H and O–H groups in total. The van der Waals surface area contributed by atoms with E-state index in [4.69, 9.17) is 0 Å². The number of aromatic nitrogens is 3. The first-order valence-corrected chi connectivity index (χ1v) is 6.70. The Morgan fingerprint density at radius 1 is 1.26 bits per heavy atom. The molecule has 0 radical (unpaired) electrons. The molecule has 0 saturated carbocycles. The van der Waals surface area contributed by atoms with Crippen LogP contribution in [-0.4, -0.2) is 40.0 Å². The summed E-state index contributed by atoms with van der Waals surface area (Å²) in [6.45, 7) is 2.69. The lowest BCUT2D eigenvalue weighted by Crippen LogP contribution is -2.43. The van der Waals surface area contributed by atoms with Crippen LogP contribution in [0.1, 0.15) is 12.8 Å². The van der Waals surface area contributed by atoms with Gasteiger partial charge in [0.15, 0.2) is 0 Å². The highest BCUT2D eigenvalue weighted by molar-refractivity contribution is 5.37. The van der Waals surface area contributed by atoms with Gasteiger partial charge in [-0.3, -0.25) is 9.36 Å². The van der Waals surface area contributed by atoms with E-state index in [1.165, 1.54) is 24.6 Å². The van der Waals surface area contributed by atoms with E-state index in [2.05, 4.69) is 10.4 Å². The molecule has 0 amide bonds. The number of anilines is 1. The summed E-state index contributed by atoms with van der Waals surface area (Å²) in [5, 5.41) is 7.64. The van der Waals surface area contributed by atoms with Gasteiger partial charge in [0.1, 0.15) is 0 Å². The summed E-state index contributed by atoms with van der Waals surface area (Å²) in [5.41, 5.74) is -0.690. The van der Waals surface area contributed by atoms with Gasteiger partial charge in [-0.05, 0) is 25.3 Å². The fraction of sp³-hybridized carbons (Fsp3) is 0.750. The SMILES string of the molecule is Cn1nc(N2CC3CCCNC3C2)c(=O)n(C)c1=O. The van der Waals surface area contributed by atoms with Gasteiger partial charge in [0.25, 0.3) is 5.56 Å². The van der Waals surface area contributed by atoms with Gasteiger partial charge in [-0.2, -0.15) is 0 Å². The smallest absolute Gasteiger partial charge is 0.346 e. The zero-order valence-electron chi connectivity index (χ0n) is 11.3. The van der Waals surface area contributed by atoms with Crippen LogP contribution in [0.25, 0.3) is 0 Å². The second kappa shape index (κ2) is 4.48. The molecule has 7 heteroatoms. The van der Waals surface area contributed by atoms with Crippen LogP contribution in [0.3, 0.4) is 0 Å². The summed E-state index contributed by atoms with van der Waals surface area (Å²) in [7, 11) is 3.07.